The highest BCUT2D eigenvalue weighted by atomic mass is 16.8. The fraction of sp³-hybridized carbons (Fsp3) is 0.786. The van der Waals surface area contributed by atoms with Crippen molar-refractivity contribution in [3.63, 3.8) is 0 Å². The van der Waals surface area contributed by atoms with Crippen LogP contribution in [0.15, 0.2) is 12.2 Å². The predicted octanol–water partition coefficient (Wildman–Crippen LogP) is 0.0360. The molecule has 0 saturated carbocycles. The largest absolute Gasteiger partial charge is 0.379 e. The molecule has 0 unspecified atom stereocenters. The van der Waals surface area contributed by atoms with Crippen LogP contribution in [0.25, 0.3) is 0 Å². The third-order valence-electron chi connectivity index (χ3n) is 5.50. The van der Waals surface area contributed by atoms with Crippen molar-refractivity contribution in [3.8, 4) is 0 Å². The maximum absolute atomic E-state index is 11.8. The number of ether oxygens (including phenoxy) is 4. The molecule has 5 rings (SSSR count). The summed E-state index contributed by atoms with van der Waals surface area (Å²) in [6.07, 6.45) is 3.97. The lowest BCUT2D eigenvalue weighted by molar-refractivity contribution is -0.282. The highest BCUT2D eigenvalue weighted by molar-refractivity contribution is 5.99. The summed E-state index contributed by atoms with van der Waals surface area (Å²) in [6.45, 7) is 2.02. The average molecular weight is 280 g/mol. The van der Waals surface area contributed by atoms with E-state index in [2.05, 4.69) is 0 Å². The standard InChI is InChI=1S/C14H16O6/c1-11-4-2-5-12(20-11)10(19-11)17-7-13-9(18-13)8(15)3-6-14(12,13)16/h3,6,9-10,16H,2,4-5,7H2,1H3/t9-,10+,11-,12+,13-,14+/m0/s1. The van der Waals surface area contributed by atoms with Gasteiger partial charge in [0.1, 0.15) is 0 Å². The molecule has 1 aliphatic carbocycles. The summed E-state index contributed by atoms with van der Waals surface area (Å²) in [5.74, 6) is -0.852. The number of carbonyl (C=O) groups is 1. The summed E-state index contributed by atoms with van der Waals surface area (Å²) >= 11 is 0. The van der Waals surface area contributed by atoms with Gasteiger partial charge in [0.15, 0.2) is 40.8 Å². The van der Waals surface area contributed by atoms with Crippen LogP contribution in [0.1, 0.15) is 26.2 Å². The average Bonchev–Trinajstić information content (AvgIpc) is 3.10. The van der Waals surface area contributed by atoms with E-state index in [4.69, 9.17) is 18.9 Å². The molecular weight excluding hydrogens is 264 g/mol. The maximum Gasteiger partial charge on any atom is 0.193 e. The van der Waals surface area contributed by atoms with Crippen LogP contribution in [-0.4, -0.2) is 52.5 Å². The molecule has 0 radical (unpaired) electrons. The molecule has 4 aliphatic heterocycles. The number of aliphatic hydroxyl groups is 1. The van der Waals surface area contributed by atoms with Crippen LogP contribution in [0.2, 0.25) is 0 Å². The molecule has 4 saturated heterocycles. The number of ketones is 1. The molecule has 2 bridgehead atoms. The van der Waals surface area contributed by atoms with Crippen molar-refractivity contribution in [2.45, 2.75) is 61.2 Å². The van der Waals surface area contributed by atoms with Gasteiger partial charge in [-0.05, 0) is 31.9 Å². The highest BCUT2D eigenvalue weighted by Crippen LogP contribution is 2.64. The van der Waals surface area contributed by atoms with Gasteiger partial charge in [-0.1, -0.05) is 0 Å². The number of hydrogen-bond donors (Lipinski definition) is 1. The Balaban J connectivity index is 1.70. The first kappa shape index (κ1) is 11.8. The zero-order valence-electron chi connectivity index (χ0n) is 11.1. The third-order valence-corrected chi connectivity index (χ3v) is 5.50. The fourth-order valence-corrected chi connectivity index (χ4v) is 4.45. The Morgan fingerprint density at radius 2 is 2.15 bits per heavy atom. The number of epoxide rings is 1. The first-order chi connectivity index (χ1) is 9.45. The molecule has 4 fully saturated rings. The zero-order valence-corrected chi connectivity index (χ0v) is 11.1. The second kappa shape index (κ2) is 3.03. The number of fused-ring (bicyclic) bond motifs is 1. The molecule has 6 atom stereocenters. The van der Waals surface area contributed by atoms with E-state index >= 15 is 0 Å². The Hall–Kier alpha value is -0.790. The second-order valence-corrected chi connectivity index (χ2v) is 6.63. The Morgan fingerprint density at radius 3 is 3.00 bits per heavy atom. The maximum atomic E-state index is 11.8. The minimum absolute atomic E-state index is 0.120. The predicted molar refractivity (Wildman–Crippen MR) is 63.6 cm³/mol. The van der Waals surface area contributed by atoms with Crippen molar-refractivity contribution in [1.29, 1.82) is 0 Å². The van der Waals surface area contributed by atoms with Gasteiger partial charge in [-0.25, -0.2) is 0 Å². The van der Waals surface area contributed by atoms with Gasteiger partial charge < -0.3 is 24.1 Å². The van der Waals surface area contributed by atoms with Crippen molar-refractivity contribution < 1.29 is 28.8 Å². The summed E-state index contributed by atoms with van der Waals surface area (Å²) in [5, 5.41) is 11.3. The summed E-state index contributed by atoms with van der Waals surface area (Å²) in [6, 6.07) is 0. The minimum Gasteiger partial charge on any atom is -0.379 e. The molecule has 0 aromatic carbocycles. The smallest absolute Gasteiger partial charge is 0.193 e. The first-order valence-electron chi connectivity index (χ1n) is 7.08. The van der Waals surface area contributed by atoms with E-state index in [0.717, 1.165) is 12.8 Å². The van der Waals surface area contributed by atoms with Gasteiger partial charge in [0.25, 0.3) is 0 Å². The lowest BCUT2D eigenvalue weighted by atomic mass is 9.64. The monoisotopic (exact) mass is 280 g/mol. The van der Waals surface area contributed by atoms with E-state index in [1.54, 1.807) is 0 Å². The molecule has 5 aliphatic rings. The molecule has 0 amide bonds. The van der Waals surface area contributed by atoms with Gasteiger partial charge in [-0.2, -0.15) is 0 Å². The van der Waals surface area contributed by atoms with Gasteiger partial charge in [0.05, 0.1) is 6.61 Å². The topological polar surface area (TPSA) is 77.5 Å². The highest BCUT2D eigenvalue weighted by Gasteiger charge is 2.84. The Bertz CT molecular complexity index is 560. The molecule has 108 valence electrons. The molecule has 0 aromatic rings. The summed E-state index contributed by atoms with van der Waals surface area (Å²) < 4.78 is 23.4. The Morgan fingerprint density at radius 1 is 1.30 bits per heavy atom. The van der Waals surface area contributed by atoms with Gasteiger partial charge in [0.2, 0.25) is 0 Å². The first-order valence-corrected chi connectivity index (χ1v) is 7.08. The molecule has 0 aromatic heterocycles. The molecule has 20 heavy (non-hydrogen) atoms. The van der Waals surface area contributed by atoms with Crippen molar-refractivity contribution >= 4 is 5.78 Å². The van der Waals surface area contributed by atoms with Gasteiger partial charge in [-0.3, -0.25) is 4.79 Å². The SMILES string of the molecule is C[C@@]12CCC[C@@]3(O1)[C@H](OC[C@]14O[C@H]1C(=O)C=C[C@]43O)O2. The normalized spacial score (nSPS) is 62.6. The van der Waals surface area contributed by atoms with Crippen LogP contribution in [0.3, 0.4) is 0 Å². The Kier molecular flexibility index (Phi) is 1.79. The van der Waals surface area contributed by atoms with Crippen molar-refractivity contribution in [1.82, 2.24) is 0 Å². The van der Waals surface area contributed by atoms with Gasteiger partial charge in [0, 0.05) is 6.42 Å². The van der Waals surface area contributed by atoms with E-state index in [1.807, 2.05) is 6.92 Å². The van der Waals surface area contributed by atoms with Crippen LogP contribution < -0.4 is 0 Å². The Labute approximate surface area is 115 Å². The second-order valence-electron chi connectivity index (χ2n) is 6.63. The van der Waals surface area contributed by atoms with Crippen LogP contribution >= 0.6 is 0 Å². The van der Waals surface area contributed by atoms with E-state index in [1.165, 1.54) is 12.2 Å². The lowest BCUT2D eigenvalue weighted by Crippen LogP contribution is -2.73. The molecular formula is C14H16O6. The van der Waals surface area contributed by atoms with E-state index in [-0.39, 0.29) is 12.4 Å². The fourth-order valence-electron chi connectivity index (χ4n) is 4.45. The van der Waals surface area contributed by atoms with Crippen LogP contribution in [-0.2, 0) is 23.7 Å². The molecule has 2 spiro atoms. The molecule has 4 heterocycles. The van der Waals surface area contributed by atoms with Crippen LogP contribution in [0.4, 0.5) is 0 Å². The number of carbonyl (C=O) groups excluding carboxylic acids is 1. The van der Waals surface area contributed by atoms with E-state index in [0.29, 0.717) is 6.42 Å². The van der Waals surface area contributed by atoms with E-state index in [9.17, 15) is 9.90 Å². The van der Waals surface area contributed by atoms with Crippen LogP contribution in [0, 0.1) is 0 Å². The molecule has 1 N–H and O–H groups in total. The van der Waals surface area contributed by atoms with E-state index < -0.39 is 35.0 Å². The number of hydrogen-bond acceptors (Lipinski definition) is 6. The van der Waals surface area contributed by atoms with Crippen molar-refractivity contribution in [2.75, 3.05) is 6.61 Å². The zero-order chi connectivity index (χ0) is 13.8. The summed E-state index contributed by atoms with van der Waals surface area (Å²) in [7, 11) is 0. The van der Waals surface area contributed by atoms with Gasteiger partial charge >= 0.3 is 0 Å². The number of rotatable bonds is 0. The summed E-state index contributed by atoms with van der Waals surface area (Å²) in [4.78, 5) is 11.8. The quantitative estimate of drug-likeness (QED) is 0.631. The van der Waals surface area contributed by atoms with Gasteiger partial charge in [-0.15, -0.1) is 0 Å². The third kappa shape index (κ3) is 1.00. The van der Waals surface area contributed by atoms with Crippen LogP contribution in [0.5, 0.6) is 0 Å². The minimum atomic E-state index is -1.38. The molecule has 6 heteroatoms. The lowest BCUT2D eigenvalue weighted by Gasteiger charge is -2.52. The van der Waals surface area contributed by atoms with Crippen molar-refractivity contribution in [2.24, 2.45) is 0 Å². The van der Waals surface area contributed by atoms with Crippen molar-refractivity contribution in [3.05, 3.63) is 12.2 Å². The molecule has 6 nitrogen and oxygen atoms in total. The summed E-state index contributed by atoms with van der Waals surface area (Å²) in [5.41, 5.74) is -3.36.